The molecule has 1 aromatic rings. The normalized spacial score (nSPS) is 12.8. The summed E-state index contributed by atoms with van der Waals surface area (Å²) in [7, 11) is 1.96. The molecule has 0 saturated heterocycles. The molecule has 0 heterocycles. The molecule has 20 heavy (non-hydrogen) atoms. The van der Waals surface area contributed by atoms with Gasteiger partial charge in [-0.05, 0) is 47.2 Å². The maximum absolute atomic E-state index is 12.4. The van der Waals surface area contributed by atoms with E-state index in [9.17, 15) is 4.79 Å². The summed E-state index contributed by atoms with van der Waals surface area (Å²) in [5, 5.41) is 0. The predicted molar refractivity (Wildman–Crippen MR) is 82.7 cm³/mol. The van der Waals surface area contributed by atoms with Crippen molar-refractivity contribution in [2.45, 2.75) is 52.4 Å². The highest BCUT2D eigenvalue weighted by Gasteiger charge is 2.31. The van der Waals surface area contributed by atoms with Gasteiger partial charge in [0.1, 0.15) is 5.60 Å². The second-order valence-electron chi connectivity index (χ2n) is 6.73. The molecule has 3 nitrogen and oxygen atoms in total. The van der Waals surface area contributed by atoms with E-state index in [0.717, 1.165) is 5.56 Å². The number of nitrogens with zero attached hydrogens (tertiary/aromatic N) is 1. The van der Waals surface area contributed by atoms with Crippen LogP contribution in [0.15, 0.2) is 30.3 Å². The van der Waals surface area contributed by atoms with E-state index in [1.807, 2.05) is 56.1 Å². The van der Waals surface area contributed by atoms with Crippen molar-refractivity contribution in [1.82, 2.24) is 4.90 Å². The topological polar surface area (TPSA) is 29.5 Å². The lowest BCUT2D eigenvalue weighted by Crippen LogP contribution is -2.47. The first kappa shape index (κ1) is 16.9. The summed E-state index contributed by atoms with van der Waals surface area (Å²) in [6.07, 6.45) is 0. The fourth-order valence-electron chi connectivity index (χ4n) is 1.56. The Morgan fingerprint density at radius 2 is 1.65 bits per heavy atom. The summed E-state index contributed by atoms with van der Waals surface area (Å²) in [4.78, 5) is 14.4. The van der Waals surface area contributed by atoms with Gasteiger partial charge in [-0.25, -0.2) is 0 Å². The molecule has 0 radical (unpaired) electrons. The maximum atomic E-state index is 12.4. The third-order valence-corrected chi connectivity index (χ3v) is 3.64. The van der Waals surface area contributed by atoms with E-state index >= 15 is 0 Å². The lowest BCUT2D eigenvalue weighted by atomic mass is 10.00. The Hall–Kier alpha value is -1.19. The number of likely N-dealkylation sites (N-methyl/N-ethyl adjacent to an activating group) is 1. The van der Waals surface area contributed by atoms with E-state index < -0.39 is 5.60 Å². The monoisotopic (exact) mass is 277 g/mol. The largest absolute Gasteiger partial charge is 0.363 e. The molecule has 3 heteroatoms. The minimum absolute atomic E-state index is 0.0226. The van der Waals surface area contributed by atoms with E-state index in [2.05, 4.69) is 20.8 Å². The van der Waals surface area contributed by atoms with Gasteiger partial charge >= 0.3 is 0 Å². The first-order valence-electron chi connectivity index (χ1n) is 7.05. The quantitative estimate of drug-likeness (QED) is 0.799. The fraction of sp³-hybridized carbons (Fsp3) is 0.588. The van der Waals surface area contributed by atoms with Gasteiger partial charge in [-0.2, -0.15) is 0 Å². The Balaban J connectivity index is 2.57. The number of benzene rings is 1. The van der Waals surface area contributed by atoms with Crippen LogP contribution in [0.1, 0.15) is 40.2 Å². The van der Waals surface area contributed by atoms with Crippen molar-refractivity contribution in [3.05, 3.63) is 35.9 Å². The first-order chi connectivity index (χ1) is 9.13. The molecule has 1 aromatic carbocycles. The second-order valence-corrected chi connectivity index (χ2v) is 6.73. The van der Waals surface area contributed by atoms with Crippen molar-refractivity contribution < 1.29 is 9.53 Å². The Bertz CT molecular complexity index is 432. The minimum Gasteiger partial charge on any atom is -0.363 e. The Kier molecular flexibility index (Phi) is 5.49. The lowest BCUT2D eigenvalue weighted by molar-refractivity contribution is -0.143. The number of ketones is 1. The van der Waals surface area contributed by atoms with Crippen molar-refractivity contribution >= 4 is 5.78 Å². The van der Waals surface area contributed by atoms with E-state index in [1.165, 1.54) is 0 Å². The molecule has 112 valence electrons. The second kappa shape index (κ2) is 6.51. The molecule has 0 aliphatic carbocycles. The average molecular weight is 277 g/mol. The summed E-state index contributed by atoms with van der Waals surface area (Å²) in [5.74, 6) is 0.103. The van der Waals surface area contributed by atoms with Gasteiger partial charge in [0.2, 0.25) is 0 Å². The van der Waals surface area contributed by atoms with Gasteiger partial charge in [-0.3, -0.25) is 9.69 Å². The summed E-state index contributed by atoms with van der Waals surface area (Å²) in [6, 6.07) is 9.92. The summed E-state index contributed by atoms with van der Waals surface area (Å²) in [6.45, 7) is 10.8. The predicted octanol–water partition coefficient (Wildman–Crippen LogP) is 3.28. The summed E-state index contributed by atoms with van der Waals surface area (Å²) >= 11 is 0. The standard InChI is InChI=1S/C17H27NO2/c1-16(2,3)18(6)12-15(19)17(4,5)20-13-14-10-8-7-9-11-14/h7-11H,12-13H2,1-6H3. The first-order valence-corrected chi connectivity index (χ1v) is 7.05. The molecule has 1 rings (SSSR count). The van der Waals surface area contributed by atoms with Crippen molar-refractivity contribution in [2.75, 3.05) is 13.6 Å². The van der Waals surface area contributed by atoms with Crippen LogP contribution in [0.2, 0.25) is 0 Å². The molecular weight excluding hydrogens is 250 g/mol. The molecule has 0 unspecified atom stereocenters. The molecule has 0 aliphatic rings. The third-order valence-electron chi connectivity index (χ3n) is 3.64. The van der Waals surface area contributed by atoms with Gasteiger partial charge < -0.3 is 4.74 Å². The van der Waals surface area contributed by atoms with E-state index in [-0.39, 0.29) is 11.3 Å². The van der Waals surface area contributed by atoms with E-state index in [4.69, 9.17) is 4.74 Å². The van der Waals surface area contributed by atoms with Gasteiger partial charge in [0.25, 0.3) is 0 Å². The average Bonchev–Trinajstić information content (AvgIpc) is 2.36. The van der Waals surface area contributed by atoms with Gasteiger partial charge in [0.15, 0.2) is 5.78 Å². The van der Waals surface area contributed by atoms with Crippen LogP contribution in [0.4, 0.5) is 0 Å². The van der Waals surface area contributed by atoms with Gasteiger partial charge in [0, 0.05) is 5.54 Å². The van der Waals surface area contributed by atoms with Crippen LogP contribution in [0.25, 0.3) is 0 Å². The van der Waals surface area contributed by atoms with Crippen LogP contribution in [-0.4, -0.2) is 35.4 Å². The molecule has 0 N–H and O–H groups in total. The number of carbonyl (C=O) groups excluding carboxylic acids is 1. The fourth-order valence-corrected chi connectivity index (χ4v) is 1.56. The lowest BCUT2D eigenvalue weighted by Gasteiger charge is -2.34. The Morgan fingerprint density at radius 1 is 1.10 bits per heavy atom. The summed E-state index contributed by atoms with van der Waals surface area (Å²) in [5.41, 5.74) is 0.290. The van der Waals surface area contributed by atoms with Crippen LogP contribution < -0.4 is 0 Å². The highest BCUT2D eigenvalue weighted by atomic mass is 16.5. The zero-order valence-corrected chi connectivity index (χ0v) is 13.6. The Morgan fingerprint density at radius 3 is 2.15 bits per heavy atom. The van der Waals surface area contributed by atoms with Crippen LogP contribution in [0.3, 0.4) is 0 Å². The highest BCUT2D eigenvalue weighted by molar-refractivity contribution is 5.88. The van der Waals surface area contributed by atoms with E-state index in [1.54, 1.807) is 0 Å². The van der Waals surface area contributed by atoms with Crippen LogP contribution in [0.5, 0.6) is 0 Å². The van der Waals surface area contributed by atoms with Crippen molar-refractivity contribution in [2.24, 2.45) is 0 Å². The highest BCUT2D eigenvalue weighted by Crippen LogP contribution is 2.17. The number of ether oxygens (including phenoxy) is 1. The van der Waals surface area contributed by atoms with Crippen molar-refractivity contribution in [3.8, 4) is 0 Å². The molecule has 0 atom stereocenters. The number of carbonyl (C=O) groups is 1. The minimum atomic E-state index is -0.769. The molecule has 0 saturated carbocycles. The molecule has 0 amide bonds. The molecule has 0 bridgehead atoms. The number of Topliss-reactive ketones (excluding diaryl/α,β-unsaturated/α-hetero) is 1. The third kappa shape index (κ3) is 5.06. The summed E-state index contributed by atoms with van der Waals surface area (Å²) < 4.78 is 5.81. The number of hydrogen-bond acceptors (Lipinski definition) is 3. The van der Waals surface area contributed by atoms with Crippen molar-refractivity contribution in [1.29, 1.82) is 0 Å². The molecule has 0 aromatic heterocycles. The van der Waals surface area contributed by atoms with E-state index in [0.29, 0.717) is 13.2 Å². The SMILES string of the molecule is CN(CC(=O)C(C)(C)OCc1ccccc1)C(C)(C)C. The number of rotatable bonds is 6. The maximum Gasteiger partial charge on any atom is 0.177 e. The molecular formula is C17H27NO2. The van der Waals surface area contributed by atoms with Crippen LogP contribution >= 0.6 is 0 Å². The number of hydrogen-bond donors (Lipinski definition) is 0. The molecule has 0 aliphatic heterocycles. The smallest absolute Gasteiger partial charge is 0.177 e. The Labute approximate surface area is 122 Å². The zero-order valence-electron chi connectivity index (χ0n) is 13.6. The van der Waals surface area contributed by atoms with Crippen LogP contribution in [0, 0.1) is 0 Å². The zero-order chi connectivity index (χ0) is 15.4. The van der Waals surface area contributed by atoms with Crippen molar-refractivity contribution in [3.63, 3.8) is 0 Å². The van der Waals surface area contributed by atoms with Gasteiger partial charge in [-0.1, -0.05) is 30.3 Å². The van der Waals surface area contributed by atoms with Gasteiger partial charge in [-0.15, -0.1) is 0 Å². The van der Waals surface area contributed by atoms with Gasteiger partial charge in [0.05, 0.1) is 13.2 Å². The van der Waals surface area contributed by atoms with Crippen LogP contribution in [-0.2, 0) is 16.1 Å². The molecule has 0 fully saturated rings. The molecule has 0 spiro atoms.